The predicted octanol–water partition coefficient (Wildman–Crippen LogP) is 3.08. The largest absolute Gasteiger partial charge is 0.357 e. The summed E-state index contributed by atoms with van der Waals surface area (Å²) < 4.78 is 3.27. The van der Waals surface area contributed by atoms with Gasteiger partial charge in [-0.05, 0) is 36.2 Å². The molecule has 30 heavy (non-hydrogen) atoms. The number of hydrogen-bond acceptors (Lipinski definition) is 6. The van der Waals surface area contributed by atoms with Gasteiger partial charge in [0.15, 0.2) is 0 Å². The lowest BCUT2D eigenvalue weighted by Gasteiger charge is -2.09. The van der Waals surface area contributed by atoms with Gasteiger partial charge in [-0.1, -0.05) is 12.1 Å². The molecule has 0 saturated carbocycles. The second-order valence-electron chi connectivity index (χ2n) is 7.09. The lowest BCUT2D eigenvalue weighted by Crippen LogP contribution is -2.22. The Morgan fingerprint density at radius 3 is 2.50 bits per heavy atom. The van der Waals surface area contributed by atoms with E-state index in [0.29, 0.717) is 11.8 Å². The van der Waals surface area contributed by atoms with E-state index in [-0.39, 0.29) is 5.69 Å². The molecule has 0 spiro atoms. The number of aryl methyl sites for hydroxylation is 2. The number of imidazole rings is 1. The number of nitrogens with zero attached hydrogens (tertiary/aromatic N) is 6. The maximum atomic E-state index is 13.1. The molecule has 4 heterocycles. The summed E-state index contributed by atoms with van der Waals surface area (Å²) in [4.78, 5) is 30.8. The summed E-state index contributed by atoms with van der Waals surface area (Å²) in [5.41, 5.74) is 4.91. The summed E-state index contributed by atoms with van der Waals surface area (Å²) in [5, 5.41) is 3.79. The fourth-order valence-corrected chi connectivity index (χ4v) is 3.69. The van der Waals surface area contributed by atoms with Gasteiger partial charge in [-0.2, -0.15) is 0 Å². The quantitative estimate of drug-likeness (QED) is 0.503. The van der Waals surface area contributed by atoms with Crippen LogP contribution in [0, 0.1) is 6.92 Å². The SMILES string of the molecule is CNc1ncc(-c2ccc3ncc4c(c3c2)n(-c2ncccc2C)c(=O)n4C)cn1. The Bertz CT molecular complexity index is 1470. The minimum absolute atomic E-state index is 0.159. The molecule has 148 valence electrons. The van der Waals surface area contributed by atoms with Gasteiger partial charge in [-0.3, -0.25) is 9.55 Å². The predicted molar refractivity (Wildman–Crippen MR) is 117 cm³/mol. The standard InChI is InChI=1S/C22H19N7O/c1-13-5-4-8-24-20(13)29-19-16-9-14(15-10-26-21(23-2)27-11-15)6-7-17(16)25-12-18(19)28(3)22(29)30/h4-12H,1-3H3,(H,23,26,27). The van der Waals surface area contributed by atoms with E-state index in [1.165, 1.54) is 0 Å². The van der Waals surface area contributed by atoms with Crippen LogP contribution in [0.2, 0.25) is 0 Å². The Kier molecular flexibility index (Phi) is 4.06. The summed E-state index contributed by atoms with van der Waals surface area (Å²) in [7, 11) is 3.53. The third-order valence-corrected chi connectivity index (χ3v) is 5.29. The van der Waals surface area contributed by atoms with Crippen LogP contribution in [0.15, 0.2) is 59.9 Å². The first-order chi connectivity index (χ1) is 14.6. The Morgan fingerprint density at radius 1 is 0.967 bits per heavy atom. The van der Waals surface area contributed by atoms with Gasteiger partial charge < -0.3 is 5.32 Å². The fraction of sp³-hybridized carbons (Fsp3) is 0.136. The monoisotopic (exact) mass is 397 g/mol. The van der Waals surface area contributed by atoms with Crippen molar-refractivity contribution in [2.45, 2.75) is 6.92 Å². The Labute approximate surface area is 171 Å². The zero-order valence-corrected chi connectivity index (χ0v) is 16.8. The van der Waals surface area contributed by atoms with Crippen LogP contribution in [0.1, 0.15) is 5.56 Å². The van der Waals surface area contributed by atoms with Gasteiger partial charge in [0.1, 0.15) is 5.82 Å². The molecule has 0 unspecified atom stereocenters. The highest BCUT2D eigenvalue weighted by Gasteiger charge is 2.18. The number of hydrogen-bond donors (Lipinski definition) is 1. The van der Waals surface area contributed by atoms with Gasteiger partial charge in [0.2, 0.25) is 5.95 Å². The average molecular weight is 397 g/mol. The van der Waals surface area contributed by atoms with E-state index in [1.54, 1.807) is 48.0 Å². The van der Waals surface area contributed by atoms with Crippen LogP contribution in [0.5, 0.6) is 0 Å². The second kappa shape index (κ2) is 6.77. The molecular formula is C22H19N7O. The first-order valence-corrected chi connectivity index (χ1v) is 9.51. The van der Waals surface area contributed by atoms with Gasteiger partial charge in [0.25, 0.3) is 0 Å². The Hall–Kier alpha value is -4.07. The van der Waals surface area contributed by atoms with Gasteiger partial charge in [-0.25, -0.2) is 24.3 Å². The summed E-state index contributed by atoms with van der Waals surface area (Å²) >= 11 is 0. The topological polar surface area (TPSA) is 90.5 Å². The first-order valence-electron chi connectivity index (χ1n) is 9.51. The molecule has 4 aromatic heterocycles. The van der Waals surface area contributed by atoms with E-state index >= 15 is 0 Å². The van der Waals surface area contributed by atoms with Crippen LogP contribution >= 0.6 is 0 Å². The fourth-order valence-electron chi connectivity index (χ4n) is 3.69. The Morgan fingerprint density at radius 2 is 1.77 bits per heavy atom. The molecule has 0 saturated heterocycles. The van der Waals surface area contributed by atoms with Gasteiger partial charge in [0.05, 0.1) is 22.7 Å². The first kappa shape index (κ1) is 18.0. The molecule has 0 aliphatic heterocycles. The van der Waals surface area contributed by atoms with Crippen LogP contribution in [-0.2, 0) is 7.05 Å². The molecule has 0 radical (unpaired) electrons. The number of fused-ring (bicyclic) bond motifs is 3. The van der Waals surface area contributed by atoms with E-state index in [0.717, 1.165) is 38.6 Å². The van der Waals surface area contributed by atoms with E-state index in [9.17, 15) is 4.79 Å². The van der Waals surface area contributed by atoms with E-state index < -0.39 is 0 Å². The number of anilines is 1. The van der Waals surface area contributed by atoms with Crippen LogP contribution in [0.3, 0.4) is 0 Å². The van der Waals surface area contributed by atoms with Crippen molar-refractivity contribution >= 4 is 27.9 Å². The van der Waals surface area contributed by atoms with Crippen molar-refractivity contribution < 1.29 is 0 Å². The normalized spacial score (nSPS) is 11.3. The van der Waals surface area contributed by atoms with Crippen molar-refractivity contribution in [1.82, 2.24) is 29.1 Å². The maximum Gasteiger partial charge on any atom is 0.334 e. The lowest BCUT2D eigenvalue weighted by molar-refractivity contribution is 0.830. The minimum atomic E-state index is -0.159. The highest BCUT2D eigenvalue weighted by atomic mass is 16.1. The van der Waals surface area contributed by atoms with Crippen molar-refractivity contribution in [3.63, 3.8) is 0 Å². The molecule has 5 aromatic rings. The van der Waals surface area contributed by atoms with Gasteiger partial charge in [-0.15, -0.1) is 0 Å². The van der Waals surface area contributed by atoms with Crippen molar-refractivity contribution in [2.24, 2.45) is 7.05 Å². The summed E-state index contributed by atoms with van der Waals surface area (Å²) in [6.45, 7) is 1.95. The number of rotatable bonds is 3. The molecule has 0 atom stereocenters. The molecule has 8 heteroatoms. The number of nitrogens with one attached hydrogen (secondary N) is 1. The number of pyridine rings is 2. The lowest BCUT2D eigenvalue weighted by atomic mass is 10.1. The molecule has 0 bridgehead atoms. The summed E-state index contributed by atoms with van der Waals surface area (Å²) in [6.07, 6.45) is 6.98. The number of aromatic nitrogens is 6. The van der Waals surface area contributed by atoms with Crippen molar-refractivity contribution in [2.75, 3.05) is 12.4 Å². The maximum absolute atomic E-state index is 13.1. The molecular weight excluding hydrogens is 378 g/mol. The van der Waals surface area contributed by atoms with Crippen LogP contribution in [0.4, 0.5) is 5.95 Å². The highest BCUT2D eigenvalue weighted by Crippen LogP contribution is 2.29. The van der Waals surface area contributed by atoms with Crippen LogP contribution in [-0.4, -0.2) is 36.1 Å². The van der Waals surface area contributed by atoms with Gasteiger partial charge >= 0.3 is 5.69 Å². The zero-order valence-electron chi connectivity index (χ0n) is 16.8. The van der Waals surface area contributed by atoms with Crippen molar-refractivity contribution in [1.29, 1.82) is 0 Å². The smallest absolute Gasteiger partial charge is 0.334 e. The van der Waals surface area contributed by atoms with E-state index in [1.807, 2.05) is 37.3 Å². The molecule has 0 fully saturated rings. The third-order valence-electron chi connectivity index (χ3n) is 5.29. The average Bonchev–Trinajstić information content (AvgIpc) is 3.04. The molecule has 1 aromatic carbocycles. The summed E-state index contributed by atoms with van der Waals surface area (Å²) in [5.74, 6) is 1.18. The molecule has 8 nitrogen and oxygen atoms in total. The van der Waals surface area contributed by atoms with Crippen LogP contribution in [0.25, 0.3) is 38.9 Å². The second-order valence-corrected chi connectivity index (χ2v) is 7.09. The third kappa shape index (κ3) is 2.65. The highest BCUT2D eigenvalue weighted by molar-refractivity contribution is 6.04. The van der Waals surface area contributed by atoms with Crippen LogP contribution < -0.4 is 11.0 Å². The molecule has 1 N–H and O–H groups in total. The zero-order chi connectivity index (χ0) is 20.8. The minimum Gasteiger partial charge on any atom is -0.357 e. The molecule has 0 amide bonds. The molecule has 5 rings (SSSR count). The summed E-state index contributed by atoms with van der Waals surface area (Å²) in [6, 6.07) is 9.76. The van der Waals surface area contributed by atoms with Crippen molar-refractivity contribution in [3.8, 4) is 16.9 Å². The van der Waals surface area contributed by atoms with E-state index in [4.69, 9.17) is 0 Å². The van der Waals surface area contributed by atoms with E-state index in [2.05, 4.69) is 25.3 Å². The molecule has 0 aliphatic carbocycles. The van der Waals surface area contributed by atoms with Crippen molar-refractivity contribution in [3.05, 3.63) is 71.2 Å². The Balaban J connectivity index is 1.85. The number of benzene rings is 1. The molecule has 0 aliphatic rings. The van der Waals surface area contributed by atoms with Gasteiger partial charge in [0, 0.05) is 43.6 Å².